The number of hydrogen-bond donors (Lipinski definition) is 0. The Morgan fingerprint density at radius 1 is 1.31 bits per heavy atom. The molecule has 0 fully saturated rings. The first-order chi connectivity index (χ1) is 7.47. The number of carbonyl (C=O) groups excluding carboxylic acids is 2. The molecule has 0 aliphatic heterocycles. The van der Waals surface area contributed by atoms with Gasteiger partial charge in [-0.05, 0) is 19.1 Å². The maximum absolute atomic E-state index is 13.2. The Morgan fingerprint density at radius 3 is 2.25 bits per heavy atom. The van der Waals surface area contributed by atoms with Gasteiger partial charge in [0.05, 0.1) is 6.61 Å². The van der Waals surface area contributed by atoms with Gasteiger partial charge in [0.1, 0.15) is 17.2 Å². The molecular formula is C10H7ClF2O3. The van der Waals surface area contributed by atoms with Gasteiger partial charge in [-0.3, -0.25) is 4.79 Å². The lowest BCUT2D eigenvalue weighted by Gasteiger charge is -2.04. The zero-order valence-electron chi connectivity index (χ0n) is 8.22. The zero-order chi connectivity index (χ0) is 12.3. The highest BCUT2D eigenvalue weighted by Crippen LogP contribution is 2.19. The van der Waals surface area contributed by atoms with E-state index in [9.17, 15) is 18.4 Å². The first kappa shape index (κ1) is 12.6. The third-order valence-corrected chi connectivity index (χ3v) is 1.91. The van der Waals surface area contributed by atoms with Crippen molar-refractivity contribution in [2.45, 2.75) is 6.92 Å². The van der Waals surface area contributed by atoms with Crippen molar-refractivity contribution in [1.82, 2.24) is 0 Å². The molecule has 1 rings (SSSR count). The Bertz CT molecular complexity index is 423. The summed E-state index contributed by atoms with van der Waals surface area (Å²) in [6.07, 6.45) is 0. The molecule has 0 aliphatic carbocycles. The van der Waals surface area contributed by atoms with E-state index in [1.807, 2.05) is 0 Å². The lowest BCUT2D eigenvalue weighted by molar-refractivity contribution is -0.137. The quantitative estimate of drug-likeness (QED) is 0.469. The summed E-state index contributed by atoms with van der Waals surface area (Å²) in [6, 6.07) is 1.49. The summed E-state index contributed by atoms with van der Waals surface area (Å²) < 4.78 is 30.8. The number of halogens is 3. The molecule has 1 aromatic rings. The van der Waals surface area contributed by atoms with Gasteiger partial charge in [-0.1, -0.05) is 11.6 Å². The number of benzene rings is 1. The van der Waals surface area contributed by atoms with Crippen LogP contribution in [0.15, 0.2) is 12.1 Å². The summed E-state index contributed by atoms with van der Waals surface area (Å²) in [5, 5.41) is -0.199. The van der Waals surface area contributed by atoms with Crippen molar-refractivity contribution in [3.8, 4) is 0 Å². The van der Waals surface area contributed by atoms with Crippen molar-refractivity contribution >= 4 is 23.4 Å². The Morgan fingerprint density at radius 2 is 1.81 bits per heavy atom. The molecular weight excluding hydrogens is 242 g/mol. The van der Waals surface area contributed by atoms with Crippen LogP contribution in [-0.4, -0.2) is 18.4 Å². The van der Waals surface area contributed by atoms with Gasteiger partial charge in [-0.15, -0.1) is 0 Å². The summed E-state index contributed by atoms with van der Waals surface area (Å²) in [6.45, 7) is 1.42. The number of carbonyl (C=O) groups is 2. The van der Waals surface area contributed by atoms with Crippen molar-refractivity contribution in [2.75, 3.05) is 6.61 Å². The van der Waals surface area contributed by atoms with Crippen LogP contribution in [0.4, 0.5) is 8.78 Å². The molecule has 0 radical (unpaired) electrons. The van der Waals surface area contributed by atoms with Crippen LogP contribution in [0.2, 0.25) is 5.02 Å². The number of esters is 1. The van der Waals surface area contributed by atoms with Crippen molar-refractivity contribution < 1.29 is 23.1 Å². The van der Waals surface area contributed by atoms with Crippen LogP contribution < -0.4 is 0 Å². The molecule has 0 amide bonds. The molecule has 0 spiro atoms. The third kappa shape index (κ3) is 2.55. The topological polar surface area (TPSA) is 43.4 Å². The summed E-state index contributed by atoms with van der Waals surface area (Å²) >= 11 is 5.36. The highest BCUT2D eigenvalue weighted by atomic mass is 35.5. The second kappa shape index (κ2) is 5.03. The maximum atomic E-state index is 13.2. The van der Waals surface area contributed by atoms with E-state index in [2.05, 4.69) is 4.74 Å². The second-order valence-electron chi connectivity index (χ2n) is 2.79. The largest absolute Gasteiger partial charge is 0.460 e. The molecule has 0 bridgehead atoms. The molecule has 16 heavy (non-hydrogen) atoms. The van der Waals surface area contributed by atoms with Crippen LogP contribution in [0.25, 0.3) is 0 Å². The monoisotopic (exact) mass is 248 g/mol. The minimum absolute atomic E-state index is 0.0542. The third-order valence-electron chi connectivity index (χ3n) is 1.69. The van der Waals surface area contributed by atoms with Gasteiger partial charge in [0.25, 0.3) is 5.78 Å². The van der Waals surface area contributed by atoms with E-state index in [4.69, 9.17) is 11.6 Å². The average Bonchev–Trinajstić information content (AvgIpc) is 2.16. The van der Waals surface area contributed by atoms with E-state index in [-0.39, 0.29) is 11.6 Å². The normalized spacial score (nSPS) is 10.0. The average molecular weight is 249 g/mol. The molecule has 0 unspecified atom stereocenters. The van der Waals surface area contributed by atoms with Crippen molar-refractivity contribution in [1.29, 1.82) is 0 Å². The van der Waals surface area contributed by atoms with E-state index in [0.29, 0.717) is 0 Å². The van der Waals surface area contributed by atoms with Crippen LogP contribution in [0.1, 0.15) is 17.3 Å². The van der Waals surface area contributed by atoms with Gasteiger partial charge < -0.3 is 4.74 Å². The Kier molecular flexibility index (Phi) is 3.95. The molecule has 0 heterocycles. The Hall–Kier alpha value is -1.49. The van der Waals surface area contributed by atoms with Crippen LogP contribution in [0, 0.1) is 11.6 Å². The molecule has 0 aliphatic rings. The minimum Gasteiger partial charge on any atom is -0.460 e. The highest BCUT2D eigenvalue weighted by Gasteiger charge is 2.25. The second-order valence-corrected chi connectivity index (χ2v) is 3.23. The molecule has 3 nitrogen and oxygen atoms in total. The lowest BCUT2D eigenvalue weighted by atomic mass is 10.1. The fraction of sp³-hybridized carbons (Fsp3) is 0.200. The highest BCUT2D eigenvalue weighted by molar-refractivity contribution is 6.41. The number of hydrogen-bond acceptors (Lipinski definition) is 3. The van der Waals surface area contributed by atoms with E-state index < -0.39 is 29.0 Å². The summed E-state index contributed by atoms with van der Waals surface area (Å²) in [5.74, 6) is -5.05. The lowest BCUT2D eigenvalue weighted by Crippen LogP contribution is -2.20. The number of ether oxygens (including phenoxy) is 1. The Labute approximate surface area is 95.0 Å². The van der Waals surface area contributed by atoms with Crippen LogP contribution in [0.5, 0.6) is 0 Å². The molecule has 0 saturated heterocycles. The Balaban J connectivity index is 3.14. The standard InChI is InChI=1S/C10H7ClF2O3/c1-2-16-10(15)9(14)8-6(12)3-5(11)4-7(8)13/h3-4H,2H2,1H3. The molecule has 6 heteroatoms. The minimum atomic E-state index is -1.37. The predicted octanol–water partition coefficient (Wildman–Crippen LogP) is 2.36. The van der Waals surface area contributed by atoms with Crippen molar-refractivity contribution in [3.63, 3.8) is 0 Å². The van der Waals surface area contributed by atoms with Gasteiger partial charge in [-0.25, -0.2) is 13.6 Å². The van der Waals surface area contributed by atoms with E-state index in [0.717, 1.165) is 12.1 Å². The van der Waals surface area contributed by atoms with Gasteiger partial charge in [-0.2, -0.15) is 0 Å². The molecule has 1 aromatic carbocycles. The van der Waals surface area contributed by atoms with Crippen molar-refractivity contribution in [3.05, 3.63) is 34.4 Å². The van der Waals surface area contributed by atoms with Gasteiger partial charge in [0.15, 0.2) is 0 Å². The molecule has 0 N–H and O–H groups in total. The maximum Gasteiger partial charge on any atom is 0.379 e. The summed E-state index contributed by atoms with van der Waals surface area (Å²) in [7, 11) is 0. The van der Waals surface area contributed by atoms with Gasteiger partial charge >= 0.3 is 5.97 Å². The molecule has 0 aromatic heterocycles. The number of Topliss-reactive ketones (excluding diaryl/α,β-unsaturated/α-hetero) is 1. The summed E-state index contributed by atoms with van der Waals surface area (Å²) in [5.41, 5.74) is -0.956. The summed E-state index contributed by atoms with van der Waals surface area (Å²) in [4.78, 5) is 22.3. The first-order valence-electron chi connectivity index (χ1n) is 4.33. The van der Waals surface area contributed by atoms with Gasteiger partial charge in [0.2, 0.25) is 0 Å². The SMILES string of the molecule is CCOC(=O)C(=O)c1c(F)cc(Cl)cc1F. The molecule has 0 saturated carbocycles. The first-order valence-corrected chi connectivity index (χ1v) is 4.71. The number of rotatable bonds is 3. The van der Waals surface area contributed by atoms with Crippen LogP contribution >= 0.6 is 11.6 Å². The van der Waals surface area contributed by atoms with Crippen molar-refractivity contribution in [2.24, 2.45) is 0 Å². The van der Waals surface area contributed by atoms with E-state index >= 15 is 0 Å². The predicted molar refractivity (Wildman–Crippen MR) is 52.3 cm³/mol. The number of ketones is 1. The van der Waals surface area contributed by atoms with Crippen LogP contribution in [-0.2, 0) is 9.53 Å². The van der Waals surface area contributed by atoms with Crippen LogP contribution in [0.3, 0.4) is 0 Å². The van der Waals surface area contributed by atoms with E-state index in [1.165, 1.54) is 6.92 Å². The van der Waals surface area contributed by atoms with E-state index in [1.54, 1.807) is 0 Å². The van der Waals surface area contributed by atoms with Gasteiger partial charge in [0, 0.05) is 5.02 Å². The molecule has 86 valence electrons. The molecule has 0 atom stereocenters. The smallest absolute Gasteiger partial charge is 0.379 e. The fourth-order valence-electron chi connectivity index (χ4n) is 1.06. The zero-order valence-corrected chi connectivity index (χ0v) is 8.98. The fourth-order valence-corrected chi connectivity index (χ4v) is 1.25.